The molecule has 1 atom stereocenters. The first kappa shape index (κ1) is 28.1. The van der Waals surface area contributed by atoms with E-state index in [1.54, 1.807) is 0 Å². The zero-order chi connectivity index (χ0) is 21.8. The van der Waals surface area contributed by atoms with Crippen LogP contribution in [0.4, 0.5) is 4.79 Å². The monoisotopic (exact) mass is 416 g/mol. The first-order chi connectivity index (χ1) is 14.1. The molecule has 6 heteroatoms. The number of carbonyl (C=O) groups is 1. The number of primary amides is 1. The molecule has 0 radical (unpaired) electrons. The maximum absolute atomic E-state index is 11.0. The van der Waals surface area contributed by atoms with Crippen molar-refractivity contribution in [3.8, 4) is 0 Å². The van der Waals surface area contributed by atoms with Gasteiger partial charge in [-0.3, -0.25) is 0 Å². The minimum absolute atomic E-state index is 0.132. The van der Waals surface area contributed by atoms with E-state index in [2.05, 4.69) is 33.0 Å². The molecule has 0 aromatic carbocycles. The molecule has 6 nitrogen and oxygen atoms in total. The molecule has 0 aromatic heterocycles. The second-order valence-corrected chi connectivity index (χ2v) is 7.84. The first-order valence-electron chi connectivity index (χ1n) is 12.0. The zero-order valence-corrected chi connectivity index (χ0v) is 19.6. The standard InChI is InChI=1S/C23H48N2O4/c1-5-9-10-11-12-13-15-21(16-14-17-25-22(24)26)23(27-18-6-2,28-19-7-3)29-20-8-4/h21H,5-20H2,1-4H3,(H3,24,25,26). The van der Waals surface area contributed by atoms with Crippen LogP contribution in [0.1, 0.15) is 105 Å². The molecule has 0 saturated heterocycles. The topological polar surface area (TPSA) is 82.8 Å². The molecule has 0 aliphatic heterocycles. The molecule has 0 aliphatic rings. The second-order valence-electron chi connectivity index (χ2n) is 7.84. The summed E-state index contributed by atoms with van der Waals surface area (Å²) in [6.45, 7) is 10.9. The van der Waals surface area contributed by atoms with E-state index < -0.39 is 12.0 Å². The first-order valence-corrected chi connectivity index (χ1v) is 12.0. The van der Waals surface area contributed by atoms with Crippen LogP contribution >= 0.6 is 0 Å². The third-order valence-corrected chi connectivity index (χ3v) is 4.96. The van der Waals surface area contributed by atoms with Crippen LogP contribution in [0.15, 0.2) is 0 Å². The highest BCUT2D eigenvalue weighted by Gasteiger charge is 2.41. The second kappa shape index (κ2) is 19.1. The molecule has 0 aliphatic carbocycles. The van der Waals surface area contributed by atoms with Crippen LogP contribution in [0.25, 0.3) is 0 Å². The summed E-state index contributed by atoms with van der Waals surface area (Å²) in [7, 11) is 0. The number of nitrogens with one attached hydrogen (secondary N) is 1. The van der Waals surface area contributed by atoms with E-state index in [1.165, 1.54) is 32.1 Å². The Morgan fingerprint density at radius 1 is 0.759 bits per heavy atom. The minimum Gasteiger partial charge on any atom is -0.352 e. The van der Waals surface area contributed by atoms with Crippen LogP contribution in [-0.2, 0) is 14.2 Å². The molecule has 0 aromatic rings. The molecule has 0 rings (SSSR count). The van der Waals surface area contributed by atoms with Crippen molar-refractivity contribution in [2.24, 2.45) is 11.7 Å². The normalized spacial score (nSPS) is 12.8. The highest BCUT2D eigenvalue weighted by atomic mass is 16.9. The van der Waals surface area contributed by atoms with E-state index in [0.717, 1.165) is 44.9 Å². The van der Waals surface area contributed by atoms with Gasteiger partial charge in [-0.2, -0.15) is 0 Å². The molecular formula is C23H48N2O4. The van der Waals surface area contributed by atoms with Crippen molar-refractivity contribution in [1.29, 1.82) is 0 Å². The highest BCUT2D eigenvalue weighted by molar-refractivity contribution is 5.71. The Labute approximate surface area is 179 Å². The Balaban J connectivity index is 5.13. The van der Waals surface area contributed by atoms with Crippen molar-refractivity contribution in [3.05, 3.63) is 0 Å². The van der Waals surface area contributed by atoms with E-state index in [-0.39, 0.29) is 5.92 Å². The van der Waals surface area contributed by atoms with Crippen LogP contribution in [0, 0.1) is 5.92 Å². The number of rotatable bonds is 21. The van der Waals surface area contributed by atoms with Gasteiger partial charge in [0.2, 0.25) is 0 Å². The molecule has 3 N–H and O–H groups in total. The van der Waals surface area contributed by atoms with Gasteiger partial charge in [0.1, 0.15) is 0 Å². The van der Waals surface area contributed by atoms with Gasteiger partial charge in [-0.05, 0) is 38.5 Å². The third kappa shape index (κ3) is 13.9. The average molecular weight is 417 g/mol. The summed E-state index contributed by atoms with van der Waals surface area (Å²) in [4.78, 5) is 11.0. The number of carbonyl (C=O) groups excluding carboxylic acids is 1. The Bertz CT molecular complexity index is 358. The Kier molecular flexibility index (Phi) is 18.6. The SMILES string of the molecule is CCCCCCCCC(CCCNC(N)=O)C(OCCC)(OCCC)OCCC. The summed E-state index contributed by atoms with van der Waals surface area (Å²) >= 11 is 0. The van der Waals surface area contributed by atoms with Crippen LogP contribution in [0.5, 0.6) is 0 Å². The smallest absolute Gasteiger partial charge is 0.312 e. The predicted octanol–water partition coefficient (Wildman–Crippen LogP) is 5.74. The maximum Gasteiger partial charge on any atom is 0.312 e. The van der Waals surface area contributed by atoms with Crippen LogP contribution in [-0.4, -0.2) is 38.4 Å². The number of ether oxygens (including phenoxy) is 3. The maximum atomic E-state index is 11.0. The summed E-state index contributed by atoms with van der Waals surface area (Å²) in [6.07, 6.45) is 13.0. The van der Waals surface area contributed by atoms with E-state index in [9.17, 15) is 4.79 Å². The summed E-state index contributed by atoms with van der Waals surface area (Å²) in [5.74, 6) is -0.856. The van der Waals surface area contributed by atoms with Gasteiger partial charge in [-0.15, -0.1) is 0 Å². The Morgan fingerprint density at radius 3 is 1.72 bits per heavy atom. The van der Waals surface area contributed by atoms with Gasteiger partial charge in [0, 0.05) is 12.5 Å². The zero-order valence-electron chi connectivity index (χ0n) is 19.6. The molecule has 0 bridgehead atoms. The van der Waals surface area contributed by atoms with E-state index in [1.807, 2.05) is 0 Å². The number of nitrogens with two attached hydrogens (primary N) is 1. The lowest BCUT2D eigenvalue weighted by Gasteiger charge is -2.40. The Hall–Kier alpha value is -0.850. The lowest BCUT2D eigenvalue weighted by Crippen LogP contribution is -2.47. The third-order valence-electron chi connectivity index (χ3n) is 4.96. The van der Waals surface area contributed by atoms with Gasteiger partial charge in [-0.1, -0.05) is 66.2 Å². The molecule has 174 valence electrons. The molecule has 29 heavy (non-hydrogen) atoms. The fourth-order valence-electron chi connectivity index (χ4n) is 3.44. The number of amides is 2. The summed E-state index contributed by atoms with van der Waals surface area (Å²) in [5, 5.41) is 2.69. The number of unbranched alkanes of at least 4 members (excludes halogenated alkanes) is 5. The molecule has 2 amide bonds. The number of hydrogen-bond donors (Lipinski definition) is 2. The number of urea groups is 1. The molecule has 0 heterocycles. The van der Waals surface area contributed by atoms with Gasteiger partial charge in [-0.25, -0.2) is 4.79 Å². The quantitative estimate of drug-likeness (QED) is 0.185. The van der Waals surface area contributed by atoms with Gasteiger partial charge >= 0.3 is 6.03 Å². The largest absolute Gasteiger partial charge is 0.352 e. The van der Waals surface area contributed by atoms with Crippen molar-refractivity contribution >= 4 is 6.03 Å². The van der Waals surface area contributed by atoms with E-state index in [0.29, 0.717) is 26.4 Å². The summed E-state index contributed by atoms with van der Waals surface area (Å²) in [6, 6.07) is -0.476. The van der Waals surface area contributed by atoms with E-state index >= 15 is 0 Å². The van der Waals surface area contributed by atoms with Gasteiger partial charge in [0.15, 0.2) is 0 Å². The highest BCUT2D eigenvalue weighted by Crippen LogP contribution is 2.34. The van der Waals surface area contributed by atoms with Gasteiger partial charge < -0.3 is 25.3 Å². The minimum atomic E-state index is -0.988. The van der Waals surface area contributed by atoms with Crippen LogP contribution in [0.3, 0.4) is 0 Å². The van der Waals surface area contributed by atoms with Gasteiger partial charge in [0.05, 0.1) is 19.8 Å². The molecule has 0 spiro atoms. The fourth-order valence-corrected chi connectivity index (χ4v) is 3.44. The van der Waals surface area contributed by atoms with E-state index in [4.69, 9.17) is 19.9 Å². The summed E-state index contributed by atoms with van der Waals surface area (Å²) in [5.41, 5.74) is 5.21. The van der Waals surface area contributed by atoms with Crippen molar-refractivity contribution < 1.29 is 19.0 Å². The summed E-state index contributed by atoms with van der Waals surface area (Å²) < 4.78 is 18.8. The van der Waals surface area contributed by atoms with Crippen LogP contribution < -0.4 is 11.1 Å². The van der Waals surface area contributed by atoms with Crippen molar-refractivity contribution in [2.75, 3.05) is 26.4 Å². The lowest BCUT2D eigenvalue weighted by molar-refractivity contribution is -0.406. The lowest BCUT2D eigenvalue weighted by atomic mass is 9.92. The van der Waals surface area contributed by atoms with Crippen LogP contribution in [0.2, 0.25) is 0 Å². The number of hydrogen-bond acceptors (Lipinski definition) is 4. The molecular weight excluding hydrogens is 368 g/mol. The Morgan fingerprint density at radius 2 is 1.24 bits per heavy atom. The molecule has 0 saturated carbocycles. The molecule has 1 unspecified atom stereocenters. The van der Waals surface area contributed by atoms with Crippen molar-refractivity contribution in [2.45, 2.75) is 111 Å². The average Bonchev–Trinajstić information content (AvgIpc) is 2.71. The van der Waals surface area contributed by atoms with Gasteiger partial charge in [0.25, 0.3) is 5.97 Å². The predicted molar refractivity (Wildman–Crippen MR) is 120 cm³/mol. The van der Waals surface area contributed by atoms with Crippen molar-refractivity contribution in [1.82, 2.24) is 5.32 Å². The molecule has 0 fully saturated rings. The fraction of sp³-hybridized carbons (Fsp3) is 0.957. The van der Waals surface area contributed by atoms with Crippen molar-refractivity contribution in [3.63, 3.8) is 0 Å².